The summed E-state index contributed by atoms with van der Waals surface area (Å²) in [5, 5.41) is 2.64. The molecule has 0 heterocycles. The Morgan fingerprint density at radius 3 is 2.44 bits per heavy atom. The van der Waals surface area contributed by atoms with Gasteiger partial charge in [0.05, 0.1) is 7.11 Å². The first-order valence-corrected chi connectivity index (χ1v) is 5.70. The van der Waals surface area contributed by atoms with Crippen LogP contribution in [0.5, 0.6) is 5.75 Å². The molecule has 0 amide bonds. The Labute approximate surface area is 97.1 Å². The second-order valence-electron chi connectivity index (χ2n) is 4.54. The molecule has 0 atom stereocenters. The van der Waals surface area contributed by atoms with E-state index >= 15 is 0 Å². The summed E-state index contributed by atoms with van der Waals surface area (Å²) in [6.07, 6.45) is 0. The van der Waals surface area contributed by atoms with Crippen LogP contribution in [0.3, 0.4) is 0 Å². The highest BCUT2D eigenvalue weighted by atomic mass is 16.5. The Morgan fingerprint density at radius 1 is 1.06 bits per heavy atom. The van der Waals surface area contributed by atoms with Crippen molar-refractivity contribution in [1.29, 1.82) is 0 Å². The van der Waals surface area contributed by atoms with Crippen LogP contribution in [-0.4, -0.2) is 7.11 Å². The van der Waals surface area contributed by atoms with E-state index in [0.29, 0.717) is 5.92 Å². The van der Waals surface area contributed by atoms with E-state index in [0.717, 1.165) is 5.75 Å². The van der Waals surface area contributed by atoms with Crippen LogP contribution in [0.2, 0.25) is 0 Å². The van der Waals surface area contributed by atoms with Crippen molar-refractivity contribution in [1.82, 2.24) is 0 Å². The van der Waals surface area contributed by atoms with Gasteiger partial charge in [0.15, 0.2) is 0 Å². The maximum absolute atomic E-state index is 5.37. The summed E-state index contributed by atoms with van der Waals surface area (Å²) in [4.78, 5) is 0. The van der Waals surface area contributed by atoms with E-state index < -0.39 is 0 Å². The second kappa shape index (κ2) is 4.17. The molecule has 1 nitrogen and oxygen atoms in total. The SMILES string of the molecule is COc1cc(C(C)C)c2cccc(C)c2c1. The summed E-state index contributed by atoms with van der Waals surface area (Å²) < 4.78 is 5.37. The van der Waals surface area contributed by atoms with Crippen LogP contribution >= 0.6 is 0 Å². The van der Waals surface area contributed by atoms with E-state index in [9.17, 15) is 0 Å². The third-order valence-electron chi connectivity index (χ3n) is 3.08. The first kappa shape index (κ1) is 11.0. The van der Waals surface area contributed by atoms with Crippen molar-refractivity contribution < 1.29 is 4.74 Å². The monoisotopic (exact) mass is 214 g/mol. The lowest BCUT2D eigenvalue weighted by molar-refractivity contribution is 0.414. The highest BCUT2D eigenvalue weighted by molar-refractivity contribution is 5.90. The Balaban J connectivity index is 2.82. The number of aryl methyl sites for hydroxylation is 1. The van der Waals surface area contributed by atoms with E-state index in [2.05, 4.69) is 51.1 Å². The molecule has 16 heavy (non-hydrogen) atoms. The average molecular weight is 214 g/mol. The van der Waals surface area contributed by atoms with Gasteiger partial charge in [0.1, 0.15) is 5.75 Å². The van der Waals surface area contributed by atoms with Gasteiger partial charge in [-0.15, -0.1) is 0 Å². The van der Waals surface area contributed by atoms with Crippen LogP contribution in [0, 0.1) is 6.92 Å². The van der Waals surface area contributed by atoms with Crippen LogP contribution in [0.4, 0.5) is 0 Å². The summed E-state index contributed by atoms with van der Waals surface area (Å²) >= 11 is 0. The predicted octanol–water partition coefficient (Wildman–Crippen LogP) is 4.28. The van der Waals surface area contributed by atoms with Crippen LogP contribution in [-0.2, 0) is 0 Å². The molecular formula is C15H18O. The summed E-state index contributed by atoms with van der Waals surface area (Å²) in [6.45, 7) is 6.58. The number of hydrogen-bond acceptors (Lipinski definition) is 1. The van der Waals surface area contributed by atoms with E-state index in [-0.39, 0.29) is 0 Å². The number of ether oxygens (including phenoxy) is 1. The summed E-state index contributed by atoms with van der Waals surface area (Å²) in [7, 11) is 1.73. The van der Waals surface area contributed by atoms with Crippen molar-refractivity contribution in [3.63, 3.8) is 0 Å². The second-order valence-corrected chi connectivity index (χ2v) is 4.54. The zero-order valence-corrected chi connectivity index (χ0v) is 10.4. The summed E-state index contributed by atoms with van der Waals surface area (Å²) in [5.74, 6) is 1.46. The predicted molar refractivity (Wildman–Crippen MR) is 69.3 cm³/mol. The molecule has 0 aliphatic carbocycles. The molecule has 0 radical (unpaired) electrons. The third-order valence-corrected chi connectivity index (χ3v) is 3.08. The Bertz CT molecular complexity index is 512. The van der Waals surface area contributed by atoms with Crippen molar-refractivity contribution in [3.8, 4) is 5.75 Å². The number of methoxy groups -OCH3 is 1. The van der Waals surface area contributed by atoms with Gasteiger partial charge in [0.2, 0.25) is 0 Å². The zero-order valence-electron chi connectivity index (χ0n) is 10.4. The van der Waals surface area contributed by atoms with Crippen molar-refractivity contribution in [3.05, 3.63) is 41.5 Å². The molecule has 84 valence electrons. The number of fused-ring (bicyclic) bond motifs is 1. The van der Waals surface area contributed by atoms with Crippen molar-refractivity contribution in [2.75, 3.05) is 7.11 Å². The number of hydrogen-bond donors (Lipinski definition) is 0. The van der Waals surface area contributed by atoms with Gasteiger partial charge in [-0.05, 0) is 46.9 Å². The molecule has 0 aliphatic rings. The lowest BCUT2D eigenvalue weighted by atomic mass is 9.94. The lowest BCUT2D eigenvalue weighted by Gasteiger charge is -2.13. The van der Waals surface area contributed by atoms with Gasteiger partial charge < -0.3 is 4.74 Å². The van der Waals surface area contributed by atoms with E-state index in [1.165, 1.54) is 21.9 Å². The van der Waals surface area contributed by atoms with Crippen molar-refractivity contribution in [2.45, 2.75) is 26.7 Å². The molecular weight excluding hydrogens is 196 g/mol. The van der Waals surface area contributed by atoms with E-state index in [4.69, 9.17) is 4.74 Å². The minimum absolute atomic E-state index is 0.513. The first-order valence-electron chi connectivity index (χ1n) is 5.70. The third kappa shape index (κ3) is 1.78. The van der Waals surface area contributed by atoms with Gasteiger partial charge in [0, 0.05) is 0 Å². The molecule has 0 saturated heterocycles. The van der Waals surface area contributed by atoms with Gasteiger partial charge in [0.25, 0.3) is 0 Å². The smallest absolute Gasteiger partial charge is 0.119 e. The highest BCUT2D eigenvalue weighted by Gasteiger charge is 2.08. The summed E-state index contributed by atoms with van der Waals surface area (Å²) in [5.41, 5.74) is 2.66. The molecule has 0 fully saturated rings. The molecule has 2 aromatic rings. The van der Waals surface area contributed by atoms with E-state index in [1.54, 1.807) is 7.11 Å². The lowest BCUT2D eigenvalue weighted by Crippen LogP contribution is -1.93. The first-order chi connectivity index (χ1) is 7.63. The van der Waals surface area contributed by atoms with Crippen LogP contribution in [0.1, 0.15) is 30.9 Å². The maximum atomic E-state index is 5.37. The zero-order chi connectivity index (χ0) is 11.7. The molecule has 0 aromatic heterocycles. The topological polar surface area (TPSA) is 9.23 Å². The minimum Gasteiger partial charge on any atom is -0.497 e. The molecule has 0 saturated carbocycles. The van der Waals surface area contributed by atoms with Crippen molar-refractivity contribution in [2.24, 2.45) is 0 Å². The number of benzene rings is 2. The van der Waals surface area contributed by atoms with Gasteiger partial charge in [-0.2, -0.15) is 0 Å². The highest BCUT2D eigenvalue weighted by Crippen LogP contribution is 2.31. The van der Waals surface area contributed by atoms with Crippen LogP contribution < -0.4 is 4.74 Å². The fourth-order valence-electron chi connectivity index (χ4n) is 2.13. The molecule has 0 spiro atoms. The summed E-state index contributed by atoms with van der Waals surface area (Å²) in [6, 6.07) is 10.7. The molecule has 0 bridgehead atoms. The van der Waals surface area contributed by atoms with Gasteiger partial charge in [-0.3, -0.25) is 0 Å². The van der Waals surface area contributed by atoms with E-state index in [1.807, 2.05) is 0 Å². The quantitative estimate of drug-likeness (QED) is 0.725. The van der Waals surface area contributed by atoms with Gasteiger partial charge in [-0.1, -0.05) is 32.0 Å². The van der Waals surface area contributed by atoms with Crippen LogP contribution in [0.15, 0.2) is 30.3 Å². The molecule has 0 N–H and O–H groups in total. The Morgan fingerprint density at radius 2 is 1.81 bits per heavy atom. The fourth-order valence-corrected chi connectivity index (χ4v) is 2.13. The van der Waals surface area contributed by atoms with Crippen LogP contribution in [0.25, 0.3) is 10.8 Å². The van der Waals surface area contributed by atoms with Gasteiger partial charge >= 0.3 is 0 Å². The Kier molecular flexibility index (Phi) is 2.86. The normalized spacial score (nSPS) is 11.1. The standard InChI is InChI=1S/C15H18O/c1-10(2)14-8-12(16-4)9-15-11(3)6-5-7-13(14)15/h5-10H,1-4H3. The molecule has 1 heteroatoms. The van der Waals surface area contributed by atoms with Gasteiger partial charge in [-0.25, -0.2) is 0 Å². The average Bonchev–Trinajstić information content (AvgIpc) is 2.28. The maximum Gasteiger partial charge on any atom is 0.119 e. The molecule has 2 rings (SSSR count). The minimum atomic E-state index is 0.513. The molecule has 2 aromatic carbocycles. The molecule has 0 unspecified atom stereocenters. The van der Waals surface area contributed by atoms with Crippen molar-refractivity contribution >= 4 is 10.8 Å². The Hall–Kier alpha value is -1.50. The fraction of sp³-hybridized carbons (Fsp3) is 0.333. The molecule has 0 aliphatic heterocycles. The largest absolute Gasteiger partial charge is 0.497 e. The number of rotatable bonds is 2.